The summed E-state index contributed by atoms with van der Waals surface area (Å²) >= 11 is 0. The van der Waals surface area contributed by atoms with Crippen LogP contribution < -0.4 is 0 Å². The second-order valence-electron chi connectivity index (χ2n) is 10.8. The average Bonchev–Trinajstić information content (AvgIpc) is 3.43. The number of hydrogen-bond acceptors (Lipinski definition) is 10. The molecule has 4 amide bonds. The molecule has 0 unspecified atom stereocenters. The van der Waals surface area contributed by atoms with Gasteiger partial charge in [-0.3, -0.25) is 48.8 Å². The van der Waals surface area contributed by atoms with Crippen LogP contribution in [0.5, 0.6) is 0 Å². The molecular weight excluding hydrogens is 522 g/mol. The van der Waals surface area contributed by atoms with Crippen molar-refractivity contribution in [3.05, 3.63) is 24.3 Å². The average molecular weight is 556 g/mol. The van der Waals surface area contributed by atoms with Crippen LogP contribution in [0.15, 0.2) is 24.3 Å². The third kappa shape index (κ3) is 7.36. The molecule has 0 atom stereocenters. The van der Waals surface area contributed by atoms with Crippen LogP contribution in [0, 0.1) is 29.1 Å². The van der Waals surface area contributed by atoms with Gasteiger partial charge in [0.1, 0.15) is 0 Å². The number of esters is 3. The highest BCUT2D eigenvalue weighted by atomic mass is 16.6. The van der Waals surface area contributed by atoms with Gasteiger partial charge in [0.05, 0.1) is 18.3 Å². The number of imide groups is 2. The number of carbonyl (C=O) groups is 7. The third-order valence-electron chi connectivity index (χ3n) is 8.04. The van der Waals surface area contributed by atoms with E-state index in [2.05, 4.69) is 0 Å². The van der Waals surface area contributed by atoms with Crippen molar-refractivity contribution in [1.29, 1.82) is 5.41 Å². The van der Waals surface area contributed by atoms with Crippen LogP contribution >= 0.6 is 0 Å². The number of carbonyl (C=O) groups excluding carboxylic acids is 7. The van der Waals surface area contributed by atoms with Gasteiger partial charge in [-0.15, -0.1) is 0 Å². The predicted molar refractivity (Wildman–Crippen MR) is 137 cm³/mol. The fourth-order valence-corrected chi connectivity index (χ4v) is 5.62. The fourth-order valence-electron chi connectivity index (χ4n) is 5.62. The number of amides is 4. The maximum Gasteiger partial charge on any atom is 0.316 e. The normalized spacial score (nSPS) is 26.4. The summed E-state index contributed by atoms with van der Waals surface area (Å²) in [6.45, 7) is 0.634. The van der Waals surface area contributed by atoms with Gasteiger partial charge in [0.15, 0.2) is 5.90 Å². The van der Waals surface area contributed by atoms with Crippen molar-refractivity contribution in [3.63, 3.8) is 0 Å². The molecular formula is C28H33N3O9. The molecule has 2 saturated carbocycles. The van der Waals surface area contributed by atoms with E-state index in [0.29, 0.717) is 64.5 Å². The molecule has 0 radical (unpaired) electrons. The first-order valence-corrected chi connectivity index (χ1v) is 13.7. The quantitative estimate of drug-likeness (QED) is 0.147. The van der Waals surface area contributed by atoms with E-state index in [9.17, 15) is 33.6 Å². The minimum atomic E-state index is -0.798. The Labute approximate surface area is 231 Å². The molecule has 2 heterocycles. The van der Waals surface area contributed by atoms with Gasteiger partial charge in [-0.2, -0.15) is 0 Å². The monoisotopic (exact) mass is 555 g/mol. The lowest BCUT2D eigenvalue weighted by molar-refractivity contribution is -0.164. The van der Waals surface area contributed by atoms with Crippen molar-refractivity contribution in [3.8, 4) is 0 Å². The smallest absolute Gasteiger partial charge is 0.316 e. The highest BCUT2D eigenvalue weighted by Gasteiger charge is 2.34. The van der Waals surface area contributed by atoms with Crippen molar-refractivity contribution < 1.29 is 43.0 Å². The SMILES string of the molecule is N=C(CCC(=O)OC(=O)[C@H]1CC[C@H](CN2C(=O)C=CC2=O)CC1)OC(=O)[C@H]1CC[C@H](CN2C(=O)C=CC2=O)CC1. The van der Waals surface area contributed by atoms with Gasteiger partial charge in [0.25, 0.3) is 23.6 Å². The Morgan fingerprint density at radius 3 is 1.40 bits per heavy atom. The largest absolute Gasteiger partial charge is 0.412 e. The molecule has 4 rings (SSSR count). The Hall–Kier alpha value is -3.96. The van der Waals surface area contributed by atoms with Gasteiger partial charge < -0.3 is 9.47 Å². The standard InChI is InChI=1S/C28H33N3O9/c29-21(39-27(37)19-5-1-17(2-6-19)15-30-22(32)10-11-23(30)33)9-14-26(36)40-28(38)20-7-3-18(4-8-20)16-31-24(34)12-13-25(31)35/h10-13,17-20,29H,1-9,14-16H2/t17-,18-,19-,20-. The summed E-state index contributed by atoms with van der Waals surface area (Å²) in [6.07, 6.45) is 9.06. The van der Waals surface area contributed by atoms with E-state index in [-0.39, 0.29) is 54.2 Å². The van der Waals surface area contributed by atoms with Crippen molar-refractivity contribution in [2.24, 2.45) is 23.7 Å². The van der Waals surface area contributed by atoms with Crippen molar-refractivity contribution in [1.82, 2.24) is 9.80 Å². The van der Waals surface area contributed by atoms with E-state index in [1.807, 2.05) is 0 Å². The lowest BCUT2D eigenvalue weighted by Gasteiger charge is -2.29. The molecule has 40 heavy (non-hydrogen) atoms. The first-order chi connectivity index (χ1) is 19.1. The van der Waals surface area contributed by atoms with E-state index in [1.54, 1.807) is 0 Å². The molecule has 0 spiro atoms. The fraction of sp³-hybridized carbons (Fsp3) is 0.571. The first kappa shape index (κ1) is 29.0. The number of rotatable bonds is 9. The molecule has 2 fully saturated rings. The van der Waals surface area contributed by atoms with Gasteiger partial charge in [-0.25, -0.2) is 0 Å². The Morgan fingerprint density at radius 2 is 1.00 bits per heavy atom. The molecule has 4 aliphatic rings. The molecule has 12 nitrogen and oxygen atoms in total. The van der Waals surface area contributed by atoms with Crippen molar-refractivity contribution in [2.75, 3.05) is 13.1 Å². The lowest BCUT2D eigenvalue weighted by atomic mass is 9.82. The number of ether oxygens (including phenoxy) is 2. The molecule has 214 valence electrons. The summed E-state index contributed by atoms with van der Waals surface area (Å²) in [7, 11) is 0. The maximum absolute atomic E-state index is 12.5. The van der Waals surface area contributed by atoms with Crippen LogP contribution in [-0.2, 0) is 43.0 Å². The molecule has 2 aliphatic heterocycles. The van der Waals surface area contributed by atoms with Crippen LogP contribution in [0.4, 0.5) is 0 Å². The highest BCUT2D eigenvalue weighted by molar-refractivity contribution is 6.13. The van der Waals surface area contributed by atoms with E-state index < -0.39 is 29.7 Å². The summed E-state index contributed by atoms with van der Waals surface area (Å²) in [5, 5.41) is 7.90. The molecule has 12 heteroatoms. The summed E-state index contributed by atoms with van der Waals surface area (Å²) in [6, 6.07) is 0. The van der Waals surface area contributed by atoms with E-state index in [4.69, 9.17) is 14.9 Å². The second kappa shape index (κ2) is 12.9. The molecule has 0 saturated heterocycles. The highest BCUT2D eigenvalue weighted by Crippen LogP contribution is 2.32. The summed E-state index contributed by atoms with van der Waals surface area (Å²) < 4.78 is 10.1. The number of nitrogens with zero attached hydrogens (tertiary/aromatic N) is 2. The Morgan fingerprint density at radius 1 is 0.625 bits per heavy atom. The first-order valence-electron chi connectivity index (χ1n) is 13.7. The zero-order valence-corrected chi connectivity index (χ0v) is 22.2. The van der Waals surface area contributed by atoms with Gasteiger partial charge >= 0.3 is 17.9 Å². The Balaban J connectivity index is 1.09. The zero-order chi connectivity index (χ0) is 28.8. The van der Waals surface area contributed by atoms with Gasteiger partial charge in [-0.05, 0) is 63.2 Å². The number of nitrogens with one attached hydrogen (secondary N) is 1. The summed E-state index contributed by atoms with van der Waals surface area (Å²) in [4.78, 5) is 86.3. The van der Waals surface area contributed by atoms with Crippen LogP contribution in [-0.4, -0.2) is 70.3 Å². The summed E-state index contributed by atoms with van der Waals surface area (Å²) in [5.41, 5.74) is 0. The molecule has 1 N–H and O–H groups in total. The van der Waals surface area contributed by atoms with Crippen molar-refractivity contribution in [2.45, 2.75) is 64.2 Å². The van der Waals surface area contributed by atoms with E-state index >= 15 is 0 Å². The molecule has 0 aromatic rings. The van der Waals surface area contributed by atoms with Crippen LogP contribution in [0.2, 0.25) is 0 Å². The van der Waals surface area contributed by atoms with Crippen LogP contribution in [0.3, 0.4) is 0 Å². The van der Waals surface area contributed by atoms with E-state index in [0.717, 1.165) is 0 Å². The minimum Gasteiger partial charge on any atom is -0.412 e. The van der Waals surface area contributed by atoms with E-state index in [1.165, 1.54) is 34.1 Å². The van der Waals surface area contributed by atoms with Gasteiger partial charge in [0, 0.05) is 43.8 Å². The molecule has 0 aromatic carbocycles. The van der Waals surface area contributed by atoms with Crippen LogP contribution in [0.25, 0.3) is 0 Å². The Bertz CT molecular complexity index is 1030. The third-order valence-corrected chi connectivity index (χ3v) is 8.04. The topological polar surface area (TPSA) is 168 Å². The zero-order valence-electron chi connectivity index (χ0n) is 22.2. The molecule has 0 bridgehead atoms. The maximum atomic E-state index is 12.5. The van der Waals surface area contributed by atoms with Gasteiger partial charge in [-0.1, -0.05) is 0 Å². The van der Waals surface area contributed by atoms with Crippen molar-refractivity contribution >= 4 is 47.4 Å². The second-order valence-corrected chi connectivity index (χ2v) is 10.8. The van der Waals surface area contributed by atoms with Gasteiger partial charge in [0.2, 0.25) is 0 Å². The summed E-state index contributed by atoms with van der Waals surface area (Å²) in [5.74, 6) is -4.32. The Kier molecular flexibility index (Phi) is 9.38. The number of hydrogen-bond donors (Lipinski definition) is 1. The molecule has 2 aliphatic carbocycles. The van der Waals surface area contributed by atoms with Crippen LogP contribution in [0.1, 0.15) is 64.2 Å². The predicted octanol–water partition coefficient (Wildman–Crippen LogP) is 1.82. The molecule has 0 aromatic heterocycles. The minimum absolute atomic E-state index is 0.0912. The lowest BCUT2D eigenvalue weighted by Crippen LogP contribution is -2.37.